The highest BCUT2D eigenvalue weighted by molar-refractivity contribution is 7.80. The number of hydrogen-bond donors (Lipinski definition) is 1. The third kappa shape index (κ3) is 4.24. The topological polar surface area (TPSA) is 49.6 Å². The minimum atomic E-state index is 0.192. The summed E-state index contributed by atoms with van der Waals surface area (Å²) < 4.78 is 0. The Labute approximate surface area is 109 Å². The molecule has 17 heavy (non-hydrogen) atoms. The highest BCUT2D eigenvalue weighted by Gasteiger charge is 2.25. The predicted molar refractivity (Wildman–Crippen MR) is 73.9 cm³/mol. The van der Waals surface area contributed by atoms with Crippen LogP contribution in [0.3, 0.4) is 0 Å². The fourth-order valence-corrected chi connectivity index (χ4v) is 2.43. The molecule has 0 saturated carbocycles. The van der Waals surface area contributed by atoms with E-state index in [1.54, 1.807) is 0 Å². The van der Waals surface area contributed by atoms with Gasteiger partial charge in [-0.3, -0.25) is 9.69 Å². The van der Waals surface area contributed by atoms with Gasteiger partial charge in [0.15, 0.2) is 0 Å². The molecule has 4 nitrogen and oxygen atoms in total. The molecular weight excluding hydrogens is 234 g/mol. The van der Waals surface area contributed by atoms with Gasteiger partial charge in [0, 0.05) is 38.6 Å². The number of thiocarbonyl (C=S) groups is 1. The Morgan fingerprint density at radius 2 is 1.76 bits per heavy atom. The first-order chi connectivity index (χ1) is 8.08. The number of amides is 1. The molecule has 0 bridgehead atoms. The minimum absolute atomic E-state index is 0.192. The van der Waals surface area contributed by atoms with Crippen molar-refractivity contribution >= 4 is 23.1 Å². The van der Waals surface area contributed by atoms with Crippen LogP contribution in [0.25, 0.3) is 0 Å². The quantitative estimate of drug-likeness (QED) is 0.742. The highest BCUT2D eigenvalue weighted by Crippen LogP contribution is 2.13. The second kappa shape index (κ2) is 6.91. The molecule has 0 unspecified atom stereocenters. The Morgan fingerprint density at radius 3 is 2.18 bits per heavy atom. The molecule has 98 valence electrons. The van der Waals surface area contributed by atoms with E-state index in [2.05, 4.69) is 18.7 Å². The summed E-state index contributed by atoms with van der Waals surface area (Å²) in [6.07, 6.45) is 1.87. The first-order valence-electron chi connectivity index (χ1n) is 6.37. The zero-order valence-electron chi connectivity index (χ0n) is 10.8. The molecule has 1 aliphatic heterocycles. The van der Waals surface area contributed by atoms with Crippen molar-refractivity contribution in [3.05, 3.63) is 0 Å². The van der Waals surface area contributed by atoms with E-state index in [-0.39, 0.29) is 5.92 Å². The van der Waals surface area contributed by atoms with Gasteiger partial charge in [-0.05, 0) is 12.8 Å². The van der Waals surface area contributed by atoms with Crippen molar-refractivity contribution in [2.75, 3.05) is 32.7 Å². The average Bonchev–Trinajstić information content (AvgIpc) is 2.30. The minimum Gasteiger partial charge on any atom is -0.392 e. The summed E-state index contributed by atoms with van der Waals surface area (Å²) >= 11 is 4.89. The average molecular weight is 257 g/mol. The Morgan fingerprint density at radius 1 is 1.24 bits per heavy atom. The van der Waals surface area contributed by atoms with Crippen LogP contribution in [-0.2, 0) is 4.79 Å². The van der Waals surface area contributed by atoms with Crippen LogP contribution in [0.15, 0.2) is 0 Å². The molecule has 0 radical (unpaired) electrons. The maximum Gasteiger partial charge on any atom is 0.225 e. The van der Waals surface area contributed by atoms with Crippen molar-refractivity contribution in [2.45, 2.75) is 26.7 Å². The lowest BCUT2D eigenvalue weighted by Gasteiger charge is -2.36. The van der Waals surface area contributed by atoms with Crippen LogP contribution in [0.1, 0.15) is 26.7 Å². The van der Waals surface area contributed by atoms with E-state index in [4.69, 9.17) is 18.0 Å². The predicted octanol–water partition coefficient (Wildman–Crippen LogP) is 0.853. The molecule has 2 N–H and O–H groups in total. The summed E-state index contributed by atoms with van der Waals surface area (Å²) in [6.45, 7) is 8.19. The van der Waals surface area contributed by atoms with E-state index in [1.807, 2.05) is 4.90 Å². The molecule has 1 fully saturated rings. The van der Waals surface area contributed by atoms with Gasteiger partial charge in [0.25, 0.3) is 0 Å². The maximum absolute atomic E-state index is 12.1. The number of carbonyl (C=O) groups excluding carboxylic acids is 1. The maximum atomic E-state index is 12.1. The van der Waals surface area contributed by atoms with Gasteiger partial charge < -0.3 is 10.6 Å². The molecule has 5 heteroatoms. The van der Waals surface area contributed by atoms with Crippen LogP contribution in [0.4, 0.5) is 0 Å². The third-order valence-electron chi connectivity index (χ3n) is 3.40. The van der Waals surface area contributed by atoms with Crippen LogP contribution in [0.2, 0.25) is 0 Å². The third-order valence-corrected chi connectivity index (χ3v) is 3.53. The first-order valence-corrected chi connectivity index (χ1v) is 6.78. The fourth-order valence-electron chi connectivity index (χ4n) is 2.24. The van der Waals surface area contributed by atoms with Gasteiger partial charge >= 0.3 is 0 Å². The monoisotopic (exact) mass is 257 g/mol. The van der Waals surface area contributed by atoms with E-state index in [1.165, 1.54) is 0 Å². The molecule has 0 spiro atoms. The molecule has 1 aliphatic rings. The molecule has 1 saturated heterocycles. The largest absolute Gasteiger partial charge is 0.392 e. The number of nitrogens with zero attached hydrogens (tertiary/aromatic N) is 2. The Kier molecular flexibility index (Phi) is 5.85. The van der Waals surface area contributed by atoms with Gasteiger partial charge in [0.2, 0.25) is 5.91 Å². The van der Waals surface area contributed by atoms with Gasteiger partial charge in [-0.15, -0.1) is 0 Å². The molecular formula is C12H23N3OS. The normalized spacial score (nSPS) is 17.5. The Hall–Kier alpha value is -0.680. The van der Waals surface area contributed by atoms with E-state index in [9.17, 15) is 4.79 Å². The van der Waals surface area contributed by atoms with Gasteiger partial charge in [-0.1, -0.05) is 26.1 Å². The van der Waals surface area contributed by atoms with E-state index >= 15 is 0 Å². The molecule has 1 amide bonds. The molecule has 0 aliphatic carbocycles. The zero-order valence-corrected chi connectivity index (χ0v) is 11.6. The Balaban J connectivity index is 2.40. The number of nitrogens with two attached hydrogens (primary N) is 1. The fraction of sp³-hybridized carbons (Fsp3) is 0.833. The van der Waals surface area contributed by atoms with Gasteiger partial charge in [-0.2, -0.15) is 0 Å². The standard InChI is InChI=1S/C12H23N3OS/c1-3-10(4-2)12(16)15-7-5-14(6-8-15)9-11(13)17/h10H,3-9H2,1-2H3,(H2,13,17). The lowest BCUT2D eigenvalue weighted by Crippen LogP contribution is -2.51. The summed E-state index contributed by atoms with van der Waals surface area (Å²) in [4.78, 5) is 16.9. The molecule has 1 rings (SSSR count). The zero-order chi connectivity index (χ0) is 12.8. The second-order valence-electron chi connectivity index (χ2n) is 4.58. The summed E-state index contributed by atoms with van der Waals surface area (Å²) in [5, 5.41) is 0. The van der Waals surface area contributed by atoms with Crippen LogP contribution >= 0.6 is 12.2 Å². The number of rotatable bonds is 5. The van der Waals surface area contributed by atoms with Crippen LogP contribution in [0.5, 0.6) is 0 Å². The highest BCUT2D eigenvalue weighted by atomic mass is 32.1. The van der Waals surface area contributed by atoms with Gasteiger partial charge in [0.05, 0.1) is 4.99 Å². The van der Waals surface area contributed by atoms with Crippen LogP contribution in [0, 0.1) is 5.92 Å². The van der Waals surface area contributed by atoms with Crippen molar-refractivity contribution in [1.29, 1.82) is 0 Å². The second-order valence-corrected chi connectivity index (χ2v) is 5.11. The van der Waals surface area contributed by atoms with E-state index < -0.39 is 0 Å². The van der Waals surface area contributed by atoms with Crippen molar-refractivity contribution in [3.8, 4) is 0 Å². The molecule has 0 atom stereocenters. The van der Waals surface area contributed by atoms with E-state index in [0.717, 1.165) is 39.0 Å². The Bertz CT molecular complexity index is 271. The van der Waals surface area contributed by atoms with Crippen LogP contribution < -0.4 is 5.73 Å². The summed E-state index contributed by atoms with van der Waals surface area (Å²) in [6, 6.07) is 0. The molecule has 0 aromatic heterocycles. The van der Waals surface area contributed by atoms with Crippen molar-refractivity contribution in [3.63, 3.8) is 0 Å². The smallest absolute Gasteiger partial charge is 0.225 e. The number of carbonyl (C=O) groups is 1. The molecule has 1 heterocycles. The van der Waals surface area contributed by atoms with Crippen molar-refractivity contribution in [1.82, 2.24) is 9.80 Å². The van der Waals surface area contributed by atoms with Crippen LogP contribution in [-0.4, -0.2) is 53.4 Å². The van der Waals surface area contributed by atoms with E-state index in [0.29, 0.717) is 17.4 Å². The molecule has 0 aromatic rings. The first kappa shape index (κ1) is 14.4. The SMILES string of the molecule is CCC(CC)C(=O)N1CCN(CC(N)=S)CC1. The summed E-state index contributed by atoms with van der Waals surface area (Å²) in [5.41, 5.74) is 5.52. The lowest BCUT2D eigenvalue weighted by molar-refractivity contribution is -0.137. The molecule has 0 aromatic carbocycles. The van der Waals surface area contributed by atoms with Crippen molar-refractivity contribution < 1.29 is 4.79 Å². The van der Waals surface area contributed by atoms with Gasteiger partial charge in [-0.25, -0.2) is 0 Å². The number of hydrogen-bond acceptors (Lipinski definition) is 3. The van der Waals surface area contributed by atoms with Gasteiger partial charge in [0.1, 0.15) is 0 Å². The summed E-state index contributed by atoms with van der Waals surface area (Å²) in [7, 11) is 0. The lowest BCUT2D eigenvalue weighted by atomic mass is 10.0. The summed E-state index contributed by atoms with van der Waals surface area (Å²) in [5.74, 6) is 0.502. The van der Waals surface area contributed by atoms with Crippen molar-refractivity contribution in [2.24, 2.45) is 11.7 Å². The number of piperazine rings is 1.